The molecule has 6 nitrogen and oxygen atoms in total. The number of carbonyl (C=O) groups is 1. The van der Waals surface area contributed by atoms with Gasteiger partial charge in [0.25, 0.3) is 5.91 Å². The summed E-state index contributed by atoms with van der Waals surface area (Å²) in [6.07, 6.45) is 2.07. The molecule has 9 heteroatoms. The molecule has 1 aliphatic heterocycles. The Labute approximate surface area is 178 Å². The Morgan fingerprint density at radius 3 is 2.86 bits per heavy atom. The summed E-state index contributed by atoms with van der Waals surface area (Å²) in [6.45, 7) is 1.86. The summed E-state index contributed by atoms with van der Waals surface area (Å²) in [4.78, 5) is 22.3. The first-order valence-electron chi connectivity index (χ1n) is 9.07. The van der Waals surface area contributed by atoms with Crippen molar-refractivity contribution in [3.8, 4) is 11.5 Å². The Hall–Kier alpha value is -2.36. The maximum absolute atomic E-state index is 12.9. The molecule has 1 amide bonds. The predicted octanol–water partition coefficient (Wildman–Crippen LogP) is 4.19. The SMILES string of the molecule is CSCCn1c(=NC(=O)c2ccc3ncsc3c2)sc2cc3c(cc21)OCCO3. The summed E-state index contributed by atoms with van der Waals surface area (Å²) >= 11 is 4.77. The number of ether oxygens (including phenoxy) is 2. The molecule has 1 aliphatic rings. The number of thioether (sulfide) groups is 1. The van der Waals surface area contributed by atoms with Crippen LogP contribution in [0.3, 0.4) is 0 Å². The second-order valence-corrected chi connectivity index (χ2v) is 9.33. The molecule has 0 saturated carbocycles. The number of aryl methyl sites for hydroxylation is 1. The Kier molecular flexibility index (Phi) is 5.03. The maximum atomic E-state index is 12.9. The van der Waals surface area contributed by atoms with Gasteiger partial charge in [-0.1, -0.05) is 11.3 Å². The van der Waals surface area contributed by atoms with Crippen LogP contribution in [0.2, 0.25) is 0 Å². The number of nitrogens with zero attached hydrogens (tertiary/aromatic N) is 3. The fraction of sp³-hybridized carbons (Fsp3) is 0.250. The van der Waals surface area contributed by atoms with Gasteiger partial charge in [0.15, 0.2) is 16.3 Å². The van der Waals surface area contributed by atoms with Gasteiger partial charge in [0, 0.05) is 30.0 Å². The minimum absolute atomic E-state index is 0.248. The zero-order valence-corrected chi connectivity index (χ0v) is 18.0. The molecule has 0 unspecified atom stereocenters. The minimum Gasteiger partial charge on any atom is -0.486 e. The third kappa shape index (κ3) is 3.54. The molecule has 29 heavy (non-hydrogen) atoms. The van der Waals surface area contributed by atoms with Gasteiger partial charge in [0.1, 0.15) is 13.2 Å². The van der Waals surface area contributed by atoms with Crippen molar-refractivity contribution >= 4 is 60.8 Å². The molecule has 0 spiro atoms. The van der Waals surface area contributed by atoms with E-state index in [1.807, 2.05) is 24.3 Å². The van der Waals surface area contributed by atoms with Crippen LogP contribution in [0.15, 0.2) is 40.8 Å². The molecule has 0 saturated heterocycles. The Morgan fingerprint density at radius 2 is 2.03 bits per heavy atom. The van der Waals surface area contributed by atoms with Crippen LogP contribution in [-0.2, 0) is 6.54 Å². The van der Waals surface area contributed by atoms with E-state index in [4.69, 9.17) is 9.47 Å². The molecule has 3 heterocycles. The third-order valence-corrected chi connectivity index (χ3v) is 7.06. The second-order valence-electron chi connectivity index (χ2n) is 6.44. The van der Waals surface area contributed by atoms with E-state index in [2.05, 4.69) is 20.8 Å². The van der Waals surface area contributed by atoms with Crippen LogP contribution >= 0.6 is 34.4 Å². The summed E-state index contributed by atoms with van der Waals surface area (Å²) in [7, 11) is 0. The van der Waals surface area contributed by atoms with Crippen LogP contribution in [0.25, 0.3) is 20.4 Å². The van der Waals surface area contributed by atoms with Crippen LogP contribution in [0, 0.1) is 0 Å². The number of benzene rings is 2. The Morgan fingerprint density at radius 1 is 1.21 bits per heavy atom. The molecule has 0 N–H and O–H groups in total. The van der Waals surface area contributed by atoms with E-state index in [0.29, 0.717) is 23.6 Å². The van der Waals surface area contributed by atoms with Gasteiger partial charge in [-0.25, -0.2) is 4.98 Å². The summed E-state index contributed by atoms with van der Waals surface area (Å²) in [5.41, 5.74) is 4.26. The number of carbonyl (C=O) groups excluding carboxylic acids is 1. The van der Waals surface area contributed by atoms with E-state index in [0.717, 1.165) is 44.2 Å². The highest BCUT2D eigenvalue weighted by Gasteiger charge is 2.17. The lowest BCUT2D eigenvalue weighted by atomic mass is 10.2. The van der Waals surface area contributed by atoms with Gasteiger partial charge in [-0.15, -0.1) is 11.3 Å². The molecule has 0 radical (unpaired) electrons. The first kappa shape index (κ1) is 18.7. The molecule has 2 aromatic heterocycles. The maximum Gasteiger partial charge on any atom is 0.279 e. The van der Waals surface area contributed by atoms with Crippen LogP contribution in [0.1, 0.15) is 10.4 Å². The number of hydrogen-bond acceptors (Lipinski definition) is 7. The van der Waals surface area contributed by atoms with E-state index in [1.54, 1.807) is 23.3 Å². The number of fused-ring (bicyclic) bond motifs is 3. The van der Waals surface area contributed by atoms with Gasteiger partial charge in [0.2, 0.25) is 0 Å². The van der Waals surface area contributed by atoms with Gasteiger partial charge < -0.3 is 14.0 Å². The van der Waals surface area contributed by atoms with Gasteiger partial charge in [-0.05, 0) is 24.5 Å². The average molecular weight is 444 g/mol. The van der Waals surface area contributed by atoms with Crippen molar-refractivity contribution in [1.29, 1.82) is 0 Å². The molecule has 0 bridgehead atoms. The number of rotatable bonds is 4. The first-order valence-corrected chi connectivity index (χ1v) is 12.2. The van der Waals surface area contributed by atoms with Crippen molar-refractivity contribution in [1.82, 2.24) is 9.55 Å². The first-order chi connectivity index (χ1) is 14.2. The van der Waals surface area contributed by atoms with Gasteiger partial charge in [-0.3, -0.25) is 4.79 Å². The normalized spacial score (nSPS) is 14.0. The lowest BCUT2D eigenvalue weighted by Crippen LogP contribution is -2.18. The molecular weight excluding hydrogens is 426 g/mol. The highest BCUT2D eigenvalue weighted by atomic mass is 32.2. The van der Waals surface area contributed by atoms with Crippen molar-refractivity contribution in [3.63, 3.8) is 0 Å². The van der Waals surface area contributed by atoms with Crippen molar-refractivity contribution in [2.75, 3.05) is 25.2 Å². The number of thiazole rings is 2. The van der Waals surface area contributed by atoms with E-state index in [-0.39, 0.29) is 5.91 Å². The average Bonchev–Trinajstić information content (AvgIpc) is 3.34. The summed E-state index contributed by atoms with van der Waals surface area (Å²) in [6, 6.07) is 9.49. The predicted molar refractivity (Wildman–Crippen MR) is 119 cm³/mol. The van der Waals surface area contributed by atoms with Gasteiger partial charge in [-0.2, -0.15) is 16.8 Å². The summed E-state index contributed by atoms with van der Waals surface area (Å²) in [5, 5.41) is 0. The fourth-order valence-electron chi connectivity index (χ4n) is 3.23. The van der Waals surface area contributed by atoms with Crippen molar-refractivity contribution in [2.45, 2.75) is 6.54 Å². The Balaban J connectivity index is 1.62. The van der Waals surface area contributed by atoms with Crippen LogP contribution in [0.5, 0.6) is 11.5 Å². The van der Waals surface area contributed by atoms with Crippen LogP contribution < -0.4 is 14.3 Å². The molecule has 0 atom stereocenters. The smallest absolute Gasteiger partial charge is 0.279 e. The molecular formula is C20H17N3O3S3. The van der Waals surface area contributed by atoms with Gasteiger partial charge >= 0.3 is 0 Å². The standard InChI is InChI=1S/C20H17N3O3S3/c1-27-7-4-23-14-9-15-16(26-6-5-25-15)10-18(14)29-20(23)22-19(24)12-2-3-13-17(8-12)28-11-21-13/h2-3,8-11H,4-7H2,1H3. The lowest BCUT2D eigenvalue weighted by Gasteiger charge is -2.18. The van der Waals surface area contributed by atoms with Gasteiger partial charge in [0.05, 0.1) is 25.9 Å². The number of aromatic nitrogens is 2. The molecule has 4 aromatic rings. The fourth-order valence-corrected chi connectivity index (χ4v) is 5.38. The molecule has 0 fully saturated rings. The quantitative estimate of drug-likeness (QED) is 0.473. The second kappa shape index (κ2) is 7.81. The summed E-state index contributed by atoms with van der Waals surface area (Å²) < 4.78 is 15.6. The highest BCUT2D eigenvalue weighted by Crippen LogP contribution is 2.35. The largest absolute Gasteiger partial charge is 0.486 e. The lowest BCUT2D eigenvalue weighted by molar-refractivity contribution is 0.0998. The number of hydrogen-bond donors (Lipinski definition) is 0. The molecule has 5 rings (SSSR count). The van der Waals surface area contributed by atoms with E-state index in [9.17, 15) is 4.79 Å². The van der Waals surface area contributed by atoms with Crippen molar-refractivity contribution < 1.29 is 14.3 Å². The van der Waals surface area contributed by atoms with Crippen molar-refractivity contribution in [3.05, 3.63) is 46.2 Å². The molecule has 148 valence electrons. The zero-order valence-electron chi connectivity index (χ0n) is 15.6. The van der Waals surface area contributed by atoms with Crippen molar-refractivity contribution in [2.24, 2.45) is 4.99 Å². The van der Waals surface area contributed by atoms with E-state index < -0.39 is 0 Å². The topological polar surface area (TPSA) is 65.7 Å². The minimum atomic E-state index is -0.248. The number of amides is 1. The summed E-state index contributed by atoms with van der Waals surface area (Å²) in [5.74, 6) is 2.17. The Bertz CT molecular complexity index is 1290. The monoisotopic (exact) mass is 443 g/mol. The zero-order chi connectivity index (χ0) is 19.8. The third-order valence-electron chi connectivity index (χ3n) is 4.64. The van der Waals surface area contributed by atoms with E-state index >= 15 is 0 Å². The highest BCUT2D eigenvalue weighted by molar-refractivity contribution is 7.98. The van der Waals surface area contributed by atoms with Crippen LogP contribution in [-0.4, -0.2) is 40.7 Å². The van der Waals surface area contributed by atoms with Crippen LogP contribution in [0.4, 0.5) is 0 Å². The molecule has 2 aromatic carbocycles. The molecule has 0 aliphatic carbocycles. The van der Waals surface area contributed by atoms with E-state index in [1.165, 1.54) is 22.7 Å².